The molecule has 110 valence electrons. The maximum atomic E-state index is 4.57. The maximum absolute atomic E-state index is 4.57. The number of aromatic nitrogens is 7. The van der Waals surface area contributed by atoms with Crippen LogP contribution in [-0.4, -0.2) is 34.3 Å². The van der Waals surface area contributed by atoms with Crippen LogP contribution in [0.15, 0.2) is 55.1 Å². The second-order valence-electron chi connectivity index (χ2n) is 5.20. The summed E-state index contributed by atoms with van der Waals surface area (Å²) in [4.78, 5) is 24.2. The molecule has 0 spiro atoms. The van der Waals surface area contributed by atoms with E-state index in [0.29, 0.717) is 11.6 Å². The van der Waals surface area contributed by atoms with Crippen molar-refractivity contribution in [3.05, 3.63) is 55.1 Å². The summed E-state index contributed by atoms with van der Waals surface area (Å²) in [6.45, 7) is 0. The molecule has 0 saturated carbocycles. The van der Waals surface area contributed by atoms with E-state index in [1.54, 1.807) is 12.4 Å². The zero-order chi connectivity index (χ0) is 15.2. The summed E-state index contributed by atoms with van der Waals surface area (Å²) < 4.78 is 1.86. The Balaban J connectivity index is 1.59. The van der Waals surface area contributed by atoms with E-state index < -0.39 is 0 Å². The molecule has 0 radical (unpaired) electrons. The van der Waals surface area contributed by atoms with Crippen molar-refractivity contribution in [2.75, 3.05) is 0 Å². The smallest absolute Gasteiger partial charge is 0.234 e. The minimum absolute atomic E-state index is 0.643. The fourth-order valence-corrected chi connectivity index (χ4v) is 2.60. The van der Waals surface area contributed by atoms with E-state index in [1.807, 2.05) is 47.1 Å². The Kier molecular flexibility index (Phi) is 2.37. The minimum Gasteiger partial charge on any atom is -0.337 e. The molecule has 7 heteroatoms. The van der Waals surface area contributed by atoms with Crippen molar-refractivity contribution in [3.63, 3.8) is 0 Å². The number of fused-ring (bicyclic) bond motifs is 2. The molecule has 0 saturated heterocycles. The lowest BCUT2D eigenvalue weighted by Crippen LogP contribution is -1.83. The van der Waals surface area contributed by atoms with Crippen LogP contribution in [-0.2, 0) is 0 Å². The SMILES string of the molecule is c1ccc2[nH]c(-c3cnc(-c4cn5cccnc5n4)[nH]3)nc2c1. The van der Waals surface area contributed by atoms with Gasteiger partial charge < -0.3 is 9.97 Å². The number of hydrogen-bond donors (Lipinski definition) is 2. The summed E-state index contributed by atoms with van der Waals surface area (Å²) in [5.41, 5.74) is 3.48. The Morgan fingerprint density at radius 3 is 2.78 bits per heavy atom. The molecule has 0 unspecified atom stereocenters. The summed E-state index contributed by atoms with van der Waals surface area (Å²) in [6.07, 6.45) is 7.27. The van der Waals surface area contributed by atoms with E-state index in [2.05, 4.69) is 29.9 Å². The van der Waals surface area contributed by atoms with Gasteiger partial charge in [0.2, 0.25) is 5.78 Å². The van der Waals surface area contributed by atoms with Crippen molar-refractivity contribution >= 4 is 16.8 Å². The summed E-state index contributed by atoms with van der Waals surface area (Å²) >= 11 is 0. The van der Waals surface area contributed by atoms with E-state index in [-0.39, 0.29) is 0 Å². The zero-order valence-electron chi connectivity index (χ0n) is 11.9. The van der Waals surface area contributed by atoms with Crippen LogP contribution in [0.4, 0.5) is 0 Å². The molecular formula is C16H11N7. The number of para-hydroxylation sites is 2. The fourth-order valence-electron chi connectivity index (χ4n) is 2.60. The van der Waals surface area contributed by atoms with E-state index in [9.17, 15) is 0 Å². The highest BCUT2D eigenvalue weighted by Gasteiger charge is 2.12. The van der Waals surface area contributed by atoms with Gasteiger partial charge in [0.15, 0.2) is 11.6 Å². The van der Waals surface area contributed by atoms with Crippen LogP contribution in [0, 0.1) is 0 Å². The second-order valence-corrected chi connectivity index (χ2v) is 5.20. The number of nitrogens with one attached hydrogen (secondary N) is 2. The van der Waals surface area contributed by atoms with Crippen LogP contribution in [0.5, 0.6) is 0 Å². The Labute approximate surface area is 130 Å². The van der Waals surface area contributed by atoms with Gasteiger partial charge in [-0.15, -0.1) is 0 Å². The van der Waals surface area contributed by atoms with Gasteiger partial charge >= 0.3 is 0 Å². The molecule has 7 nitrogen and oxygen atoms in total. The van der Waals surface area contributed by atoms with Gasteiger partial charge in [0.25, 0.3) is 0 Å². The van der Waals surface area contributed by atoms with E-state index in [0.717, 1.165) is 28.2 Å². The molecule has 1 aromatic carbocycles. The van der Waals surface area contributed by atoms with Crippen LogP contribution < -0.4 is 0 Å². The van der Waals surface area contributed by atoms with Crippen molar-refractivity contribution < 1.29 is 0 Å². The highest BCUT2D eigenvalue weighted by molar-refractivity contribution is 5.78. The molecule has 23 heavy (non-hydrogen) atoms. The number of imidazole rings is 3. The normalized spacial score (nSPS) is 11.5. The lowest BCUT2D eigenvalue weighted by atomic mass is 10.3. The van der Waals surface area contributed by atoms with Gasteiger partial charge in [0.05, 0.1) is 17.2 Å². The zero-order valence-corrected chi connectivity index (χ0v) is 11.9. The van der Waals surface area contributed by atoms with Crippen LogP contribution in [0.25, 0.3) is 39.8 Å². The van der Waals surface area contributed by atoms with Gasteiger partial charge in [-0.05, 0) is 18.2 Å². The van der Waals surface area contributed by atoms with Gasteiger partial charge in [-0.1, -0.05) is 12.1 Å². The first-order chi connectivity index (χ1) is 11.4. The summed E-state index contributed by atoms with van der Waals surface area (Å²) in [7, 11) is 0. The van der Waals surface area contributed by atoms with E-state index in [1.165, 1.54) is 0 Å². The average molecular weight is 301 g/mol. The van der Waals surface area contributed by atoms with Crippen molar-refractivity contribution in [1.29, 1.82) is 0 Å². The molecule has 4 aromatic heterocycles. The van der Waals surface area contributed by atoms with Gasteiger partial charge in [-0.25, -0.2) is 19.9 Å². The van der Waals surface area contributed by atoms with Crippen LogP contribution in [0.2, 0.25) is 0 Å². The molecule has 5 aromatic rings. The fraction of sp³-hybridized carbons (Fsp3) is 0. The first-order valence-electron chi connectivity index (χ1n) is 7.17. The third-order valence-electron chi connectivity index (χ3n) is 3.70. The van der Waals surface area contributed by atoms with Crippen LogP contribution >= 0.6 is 0 Å². The first-order valence-corrected chi connectivity index (χ1v) is 7.17. The Hall–Kier alpha value is -3.48. The number of nitrogens with zero attached hydrogens (tertiary/aromatic N) is 5. The standard InChI is InChI=1S/C16H11N7/c1-2-5-11-10(4-1)19-15(20-11)12-8-18-14(21-12)13-9-23-7-3-6-17-16(23)22-13/h1-9H,(H,18,21)(H,19,20). The minimum atomic E-state index is 0.643. The van der Waals surface area contributed by atoms with Gasteiger partial charge in [0, 0.05) is 18.6 Å². The van der Waals surface area contributed by atoms with Crippen molar-refractivity contribution in [3.8, 4) is 23.0 Å². The quantitative estimate of drug-likeness (QED) is 0.524. The van der Waals surface area contributed by atoms with Gasteiger partial charge in [0.1, 0.15) is 11.4 Å². The molecule has 0 aliphatic heterocycles. The topological polar surface area (TPSA) is 87.5 Å². The maximum Gasteiger partial charge on any atom is 0.234 e. The summed E-state index contributed by atoms with van der Waals surface area (Å²) in [5.74, 6) is 2.09. The lowest BCUT2D eigenvalue weighted by Gasteiger charge is -1.90. The van der Waals surface area contributed by atoms with Gasteiger partial charge in [-0.2, -0.15) is 0 Å². The number of rotatable bonds is 2. The molecule has 0 aliphatic rings. The molecule has 0 amide bonds. The monoisotopic (exact) mass is 301 g/mol. The number of hydrogen-bond acceptors (Lipinski definition) is 4. The number of H-pyrrole nitrogens is 2. The highest BCUT2D eigenvalue weighted by atomic mass is 15.1. The molecule has 0 aliphatic carbocycles. The van der Waals surface area contributed by atoms with Crippen LogP contribution in [0.1, 0.15) is 0 Å². The molecule has 2 N–H and O–H groups in total. The van der Waals surface area contributed by atoms with E-state index in [4.69, 9.17) is 0 Å². The third-order valence-corrected chi connectivity index (χ3v) is 3.70. The second kappa shape index (κ2) is 4.51. The largest absolute Gasteiger partial charge is 0.337 e. The Morgan fingerprint density at radius 1 is 0.913 bits per heavy atom. The predicted octanol–water partition coefficient (Wildman–Crippen LogP) is 2.66. The number of aromatic amines is 2. The van der Waals surface area contributed by atoms with E-state index >= 15 is 0 Å². The van der Waals surface area contributed by atoms with Gasteiger partial charge in [-0.3, -0.25) is 4.40 Å². The first kappa shape index (κ1) is 12.1. The molecule has 4 heterocycles. The van der Waals surface area contributed by atoms with Crippen molar-refractivity contribution in [1.82, 2.24) is 34.3 Å². The molecule has 0 bridgehead atoms. The molecule has 0 fully saturated rings. The average Bonchev–Trinajstić information content (AvgIpc) is 3.30. The Bertz CT molecular complexity index is 977. The number of benzene rings is 1. The predicted molar refractivity (Wildman–Crippen MR) is 85.7 cm³/mol. The molecular weight excluding hydrogens is 290 g/mol. The molecule has 0 atom stereocenters. The van der Waals surface area contributed by atoms with Crippen LogP contribution in [0.3, 0.4) is 0 Å². The highest BCUT2D eigenvalue weighted by Crippen LogP contribution is 2.22. The van der Waals surface area contributed by atoms with Crippen molar-refractivity contribution in [2.45, 2.75) is 0 Å². The summed E-state index contributed by atoms with van der Waals surface area (Å²) in [6, 6.07) is 9.78. The molecule has 5 rings (SSSR count). The Morgan fingerprint density at radius 2 is 1.87 bits per heavy atom. The van der Waals surface area contributed by atoms with Crippen molar-refractivity contribution in [2.24, 2.45) is 0 Å². The summed E-state index contributed by atoms with van der Waals surface area (Å²) in [5, 5.41) is 0. The third kappa shape index (κ3) is 1.90. The lowest BCUT2D eigenvalue weighted by molar-refractivity contribution is 1.11.